The standard InChI is InChI=1S/C25H24N2O2S/c1-27-15-22(18-6-4-5-7-23(18)27)21(14-26)25(30-3)13-24(28)20-12-19(20)16-8-10-17(29-2)11-9-16/h4-11,15,19-20H,12-13H2,1-3H3/b25-21-. The molecule has 0 saturated heterocycles. The lowest BCUT2D eigenvalue weighted by atomic mass is 10.0. The number of ketones is 1. The first-order valence-corrected chi connectivity index (χ1v) is 11.2. The molecule has 0 spiro atoms. The molecule has 2 aromatic carbocycles. The summed E-state index contributed by atoms with van der Waals surface area (Å²) in [4.78, 5) is 13.9. The summed E-state index contributed by atoms with van der Waals surface area (Å²) in [6, 6.07) is 18.4. The Labute approximate surface area is 181 Å². The molecule has 1 aliphatic rings. The minimum atomic E-state index is 0.0352. The predicted molar refractivity (Wildman–Crippen MR) is 122 cm³/mol. The zero-order chi connectivity index (χ0) is 21.3. The molecule has 2 atom stereocenters. The number of ether oxygens (including phenoxy) is 1. The summed E-state index contributed by atoms with van der Waals surface area (Å²) in [6.07, 6.45) is 5.12. The highest BCUT2D eigenvalue weighted by atomic mass is 32.2. The zero-order valence-electron chi connectivity index (χ0n) is 17.4. The maximum Gasteiger partial charge on any atom is 0.141 e. The van der Waals surface area contributed by atoms with Gasteiger partial charge in [-0.05, 0) is 42.4 Å². The quantitative estimate of drug-likeness (QED) is 0.474. The van der Waals surface area contributed by atoms with Gasteiger partial charge in [-0.1, -0.05) is 30.3 Å². The minimum Gasteiger partial charge on any atom is -0.497 e. The molecule has 2 unspecified atom stereocenters. The molecule has 3 aromatic rings. The van der Waals surface area contributed by atoms with Crippen molar-refractivity contribution in [2.75, 3.05) is 13.4 Å². The lowest BCUT2D eigenvalue weighted by molar-refractivity contribution is -0.119. The van der Waals surface area contributed by atoms with Crippen LogP contribution in [0.25, 0.3) is 16.5 Å². The van der Waals surface area contributed by atoms with Crippen molar-refractivity contribution in [3.63, 3.8) is 0 Å². The van der Waals surface area contributed by atoms with Crippen LogP contribution in [0.3, 0.4) is 0 Å². The maximum atomic E-state index is 13.0. The molecular formula is C25H24N2O2S. The van der Waals surface area contributed by atoms with Crippen molar-refractivity contribution in [3.05, 3.63) is 70.8 Å². The van der Waals surface area contributed by atoms with E-state index in [2.05, 4.69) is 6.07 Å². The number of hydrogen-bond donors (Lipinski definition) is 0. The van der Waals surface area contributed by atoms with Gasteiger partial charge in [0.2, 0.25) is 0 Å². The summed E-state index contributed by atoms with van der Waals surface area (Å²) in [5.74, 6) is 1.35. The minimum absolute atomic E-state index is 0.0352. The number of aryl methyl sites for hydroxylation is 1. The first kappa shape index (κ1) is 20.3. The van der Waals surface area contributed by atoms with Crippen LogP contribution in [0.1, 0.15) is 29.9 Å². The highest BCUT2D eigenvalue weighted by Gasteiger charge is 2.43. The van der Waals surface area contributed by atoms with Crippen LogP contribution in [-0.2, 0) is 11.8 Å². The fourth-order valence-electron chi connectivity index (χ4n) is 4.14. The normalized spacial score (nSPS) is 18.6. The van der Waals surface area contributed by atoms with E-state index in [0.29, 0.717) is 12.0 Å². The van der Waals surface area contributed by atoms with E-state index in [9.17, 15) is 10.1 Å². The number of nitrogens with zero attached hydrogens (tertiary/aromatic N) is 2. The Hall–Kier alpha value is -2.97. The number of carbonyl (C=O) groups excluding carboxylic acids is 1. The molecule has 1 aliphatic carbocycles. The largest absolute Gasteiger partial charge is 0.497 e. The molecule has 5 heteroatoms. The lowest BCUT2D eigenvalue weighted by Crippen LogP contribution is -2.04. The van der Waals surface area contributed by atoms with E-state index in [-0.39, 0.29) is 17.6 Å². The highest BCUT2D eigenvalue weighted by molar-refractivity contribution is 8.02. The first-order valence-electron chi connectivity index (χ1n) is 9.95. The maximum absolute atomic E-state index is 13.0. The summed E-state index contributed by atoms with van der Waals surface area (Å²) >= 11 is 1.50. The smallest absolute Gasteiger partial charge is 0.141 e. The average molecular weight is 417 g/mol. The third-order valence-electron chi connectivity index (χ3n) is 5.89. The van der Waals surface area contributed by atoms with E-state index in [1.807, 2.05) is 72.6 Å². The average Bonchev–Trinajstić information content (AvgIpc) is 3.52. The molecule has 152 valence electrons. The van der Waals surface area contributed by atoms with Gasteiger partial charge in [0.15, 0.2) is 0 Å². The Morgan fingerprint density at radius 3 is 2.63 bits per heavy atom. The van der Waals surface area contributed by atoms with E-state index in [4.69, 9.17) is 4.74 Å². The SMILES string of the molecule is COc1ccc(C2CC2C(=O)C/C(SC)=C(\C#N)c2cn(C)c3ccccc23)cc1. The lowest BCUT2D eigenvalue weighted by Gasteiger charge is -2.08. The van der Waals surface area contributed by atoms with Gasteiger partial charge in [-0.2, -0.15) is 5.26 Å². The van der Waals surface area contributed by atoms with Crippen LogP contribution in [0.15, 0.2) is 59.6 Å². The van der Waals surface area contributed by atoms with E-state index in [1.165, 1.54) is 17.3 Å². The zero-order valence-corrected chi connectivity index (χ0v) is 18.2. The molecule has 0 radical (unpaired) electrons. The van der Waals surface area contributed by atoms with Gasteiger partial charge in [0.25, 0.3) is 0 Å². The summed E-state index contributed by atoms with van der Waals surface area (Å²) in [5.41, 5.74) is 3.76. The van der Waals surface area contributed by atoms with Crippen molar-refractivity contribution in [2.45, 2.75) is 18.8 Å². The van der Waals surface area contributed by atoms with Gasteiger partial charge in [0, 0.05) is 47.0 Å². The monoisotopic (exact) mass is 416 g/mol. The summed E-state index contributed by atoms with van der Waals surface area (Å²) < 4.78 is 7.25. The third kappa shape index (κ3) is 3.76. The van der Waals surface area contributed by atoms with Crippen LogP contribution in [0.5, 0.6) is 5.75 Å². The fraction of sp³-hybridized carbons (Fsp3) is 0.280. The van der Waals surface area contributed by atoms with Crippen molar-refractivity contribution in [1.82, 2.24) is 4.57 Å². The molecule has 1 saturated carbocycles. The van der Waals surface area contributed by atoms with Crippen molar-refractivity contribution >= 4 is 34.0 Å². The number of fused-ring (bicyclic) bond motifs is 1. The summed E-state index contributed by atoms with van der Waals surface area (Å²) in [6.45, 7) is 0. The predicted octanol–water partition coefficient (Wildman–Crippen LogP) is 5.55. The molecule has 0 amide bonds. The fourth-order valence-corrected chi connectivity index (χ4v) is 4.78. The first-order chi connectivity index (χ1) is 14.6. The summed E-state index contributed by atoms with van der Waals surface area (Å²) in [5, 5.41) is 11.0. The van der Waals surface area contributed by atoms with Crippen LogP contribution in [0, 0.1) is 17.2 Å². The second-order valence-corrected chi connectivity index (χ2v) is 8.55. The number of benzene rings is 2. The number of thioether (sulfide) groups is 1. The highest BCUT2D eigenvalue weighted by Crippen LogP contribution is 2.49. The number of nitriles is 1. The number of Topliss-reactive ketones (excluding diaryl/α,β-unsaturated/α-hetero) is 1. The van der Waals surface area contributed by atoms with E-state index in [0.717, 1.165) is 33.5 Å². The molecular weight excluding hydrogens is 392 g/mol. The number of allylic oxidation sites excluding steroid dienone is 2. The molecule has 0 bridgehead atoms. The van der Waals surface area contributed by atoms with E-state index < -0.39 is 0 Å². The van der Waals surface area contributed by atoms with E-state index >= 15 is 0 Å². The number of hydrogen-bond acceptors (Lipinski definition) is 4. The Kier molecular flexibility index (Phi) is 5.69. The van der Waals surface area contributed by atoms with E-state index in [1.54, 1.807) is 7.11 Å². The van der Waals surface area contributed by atoms with Gasteiger partial charge in [-0.3, -0.25) is 4.79 Å². The summed E-state index contributed by atoms with van der Waals surface area (Å²) in [7, 11) is 3.63. The Bertz CT molecular complexity index is 1170. The van der Waals surface area contributed by atoms with Gasteiger partial charge in [-0.25, -0.2) is 0 Å². The van der Waals surface area contributed by atoms with Crippen molar-refractivity contribution in [1.29, 1.82) is 5.26 Å². The second kappa shape index (κ2) is 8.41. The van der Waals surface area contributed by atoms with Gasteiger partial charge in [0.05, 0.1) is 12.7 Å². The number of carbonyl (C=O) groups is 1. The van der Waals surface area contributed by atoms with Crippen LogP contribution >= 0.6 is 11.8 Å². The molecule has 1 heterocycles. The van der Waals surface area contributed by atoms with Crippen LogP contribution in [-0.4, -0.2) is 23.7 Å². The van der Waals surface area contributed by atoms with Gasteiger partial charge < -0.3 is 9.30 Å². The molecule has 4 rings (SSSR count). The topological polar surface area (TPSA) is 55.0 Å². The van der Waals surface area contributed by atoms with Crippen LogP contribution in [0.2, 0.25) is 0 Å². The number of para-hydroxylation sites is 1. The molecule has 0 aliphatic heterocycles. The van der Waals surface area contributed by atoms with Crippen LogP contribution < -0.4 is 4.74 Å². The van der Waals surface area contributed by atoms with Gasteiger partial charge in [0.1, 0.15) is 17.6 Å². The second-order valence-electron chi connectivity index (χ2n) is 7.65. The molecule has 4 nitrogen and oxygen atoms in total. The van der Waals surface area contributed by atoms with Crippen LogP contribution in [0.4, 0.5) is 0 Å². The van der Waals surface area contributed by atoms with Gasteiger partial charge >= 0.3 is 0 Å². The van der Waals surface area contributed by atoms with Crippen molar-refractivity contribution in [2.24, 2.45) is 13.0 Å². The number of aromatic nitrogens is 1. The molecule has 30 heavy (non-hydrogen) atoms. The van der Waals surface area contributed by atoms with Crippen molar-refractivity contribution < 1.29 is 9.53 Å². The number of rotatable bonds is 7. The molecule has 1 aromatic heterocycles. The number of methoxy groups -OCH3 is 1. The third-order valence-corrected chi connectivity index (χ3v) is 6.73. The Morgan fingerprint density at radius 2 is 1.97 bits per heavy atom. The molecule has 1 fully saturated rings. The Balaban J connectivity index is 1.57. The van der Waals surface area contributed by atoms with Crippen molar-refractivity contribution in [3.8, 4) is 11.8 Å². The van der Waals surface area contributed by atoms with Gasteiger partial charge in [-0.15, -0.1) is 11.8 Å². The molecule has 0 N–H and O–H groups in total. The Morgan fingerprint density at radius 1 is 1.23 bits per heavy atom.